The van der Waals surface area contributed by atoms with Gasteiger partial charge in [-0.1, -0.05) is 0 Å². The van der Waals surface area contributed by atoms with Gasteiger partial charge in [-0.05, 0) is 26.6 Å². The summed E-state index contributed by atoms with van der Waals surface area (Å²) in [6, 6.07) is 0. The molecule has 0 spiro atoms. The van der Waals surface area contributed by atoms with E-state index in [1.807, 2.05) is 0 Å². The molecule has 0 aliphatic carbocycles. The molecule has 3 nitrogen and oxygen atoms in total. The predicted octanol–water partition coefficient (Wildman–Crippen LogP) is 1.90. The van der Waals surface area contributed by atoms with Crippen LogP contribution < -0.4 is 0 Å². The highest BCUT2D eigenvalue weighted by Gasteiger charge is 2.19. The molecule has 1 aliphatic heterocycles. The fraction of sp³-hybridized carbons (Fsp3) is 0.800. The lowest BCUT2D eigenvalue weighted by Gasteiger charge is -2.28. The molecular weight excluding hydrogens is 192 g/mol. The summed E-state index contributed by atoms with van der Waals surface area (Å²) in [5.41, 5.74) is 0. The Hall–Kier alpha value is -0.483. The van der Waals surface area contributed by atoms with Gasteiger partial charge in [0.2, 0.25) is 0 Å². The zero-order valence-electron chi connectivity index (χ0n) is 9.95. The smallest absolute Gasteiger partial charge is 0.183 e. The fourth-order valence-corrected chi connectivity index (χ4v) is 2.10. The standard InChI is InChI=1S/C10H22N2OSi/c1-10-11(2)6-7-12(10)8-9-13-14(3,4)5/h6-7,10H,8-9H2,1-5H3. The van der Waals surface area contributed by atoms with Crippen LogP contribution in [0.2, 0.25) is 19.6 Å². The van der Waals surface area contributed by atoms with Gasteiger partial charge in [-0.3, -0.25) is 0 Å². The Balaban J connectivity index is 2.23. The molecule has 82 valence electrons. The van der Waals surface area contributed by atoms with Gasteiger partial charge >= 0.3 is 0 Å². The molecule has 0 N–H and O–H groups in total. The normalized spacial score (nSPS) is 22.2. The van der Waals surface area contributed by atoms with Gasteiger partial charge < -0.3 is 14.2 Å². The molecule has 1 rings (SSSR count). The summed E-state index contributed by atoms with van der Waals surface area (Å²) in [6.07, 6.45) is 4.72. The third kappa shape index (κ3) is 3.34. The SMILES string of the molecule is CC1N(C)C=CN1CCO[Si](C)(C)C. The molecule has 0 aromatic carbocycles. The highest BCUT2D eigenvalue weighted by Crippen LogP contribution is 2.12. The molecule has 1 aliphatic rings. The van der Waals surface area contributed by atoms with Crippen molar-refractivity contribution in [1.29, 1.82) is 0 Å². The van der Waals surface area contributed by atoms with E-state index in [0.29, 0.717) is 6.17 Å². The molecule has 0 aromatic heterocycles. The second-order valence-electron chi connectivity index (χ2n) is 4.79. The van der Waals surface area contributed by atoms with Crippen molar-refractivity contribution < 1.29 is 4.43 Å². The maximum Gasteiger partial charge on any atom is 0.183 e. The Morgan fingerprint density at radius 2 is 1.93 bits per heavy atom. The van der Waals surface area contributed by atoms with Crippen molar-refractivity contribution in [2.24, 2.45) is 0 Å². The Kier molecular flexibility index (Phi) is 3.61. The van der Waals surface area contributed by atoms with Crippen LogP contribution in [0.1, 0.15) is 6.92 Å². The predicted molar refractivity (Wildman–Crippen MR) is 62.4 cm³/mol. The molecule has 0 fully saturated rings. The first-order valence-electron chi connectivity index (χ1n) is 5.20. The molecule has 0 saturated carbocycles. The summed E-state index contributed by atoms with van der Waals surface area (Å²) in [7, 11) is 0.765. The number of hydrogen-bond donors (Lipinski definition) is 0. The van der Waals surface area contributed by atoms with E-state index in [-0.39, 0.29) is 0 Å². The zero-order valence-corrected chi connectivity index (χ0v) is 10.9. The molecule has 0 aromatic rings. The third-order valence-electron chi connectivity index (χ3n) is 2.45. The number of hydrogen-bond acceptors (Lipinski definition) is 3. The number of nitrogens with zero attached hydrogens (tertiary/aromatic N) is 2. The van der Waals surface area contributed by atoms with Crippen LogP contribution in [0, 0.1) is 0 Å². The third-order valence-corrected chi connectivity index (χ3v) is 3.52. The maximum atomic E-state index is 5.82. The van der Waals surface area contributed by atoms with E-state index < -0.39 is 8.32 Å². The van der Waals surface area contributed by atoms with Crippen molar-refractivity contribution in [2.45, 2.75) is 32.7 Å². The van der Waals surface area contributed by atoms with Gasteiger partial charge in [0, 0.05) is 26.0 Å². The lowest BCUT2D eigenvalue weighted by Crippen LogP contribution is -2.37. The van der Waals surface area contributed by atoms with E-state index in [1.165, 1.54) is 0 Å². The highest BCUT2D eigenvalue weighted by molar-refractivity contribution is 6.69. The van der Waals surface area contributed by atoms with Gasteiger partial charge in [-0.2, -0.15) is 0 Å². The molecule has 0 radical (unpaired) electrons. The molecule has 1 atom stereocenters. The Labute approximate surface area is 88.5 Å². The van der Waals surface area contributed by atoms with Crippen LogP contribution in [0.15, 0.2) is 12.4 Å². The van der Waals surface area contributed by atoms with Crippen LogP contribution >= 0.6 is 0 Å². The van der Waals surface area contributed by atoms with E-state index in [9.17, 15) is 0 Å². The fourth-order valence-electron chi connectivity index (χ4n) is 1.39. The van der Waals surface area contributed by atoms with Crippen LogP contribution in [-0.2, 0) is 4.43 Å². The quantitative estimate of drug-likeness (QED) is 0.665. The number of rotatable bonds is 4. The van der Waals surface area contributed by atoms with Gasteiger partial charge in [-0.25, -0.2) is 0 Å². The van der Waals surface area contributed by atoms with Crippen molar-refractivity contribution in [2.75, 3.05) is 20.2 Å². The summed E-state index contributed by atoms with van der Waals surface area (Å²) in [4.78, 5) is 4.51. The molecule has 0 bridgehead atoms. The minimum atomic E-state index is -1.33. The van der Waals surface area contributed by atoms with E-state index in [2.05, 4.69) is 55.8 Å². The van der Waals surface area contributed by atoms with Crippen LogP contribution in [0.25, 0.3) is 0 Å². The van der Waals surface area contributed by atoms with Gasteiger partial charge in [-0.15, -0.1) is 0 Å². The first-order valence-corrected chi connectivity index (χ1v) is 8.61. The van der Waals surface area contributed by atoms with Gasteiger partial charge in [0.15, 0.2) is 8.32 Å². The lowest BCUT2D eigenvalue weighted by atomic mass is 10.4. The Bertz CT molecular complexity index is 213. The zero-order chi connectivity index (χ0) is 10.8. The van der Waals surface area contributed by atoms with Gasteiger partial charge in [0.05, 0.1) is 12.8 Å². The highest BCUT2D eigenvalue weighted by atomic mass is 28.4. The van der Waals surface area contributed by atoms with Gasteiger partial charge in [0.25, 0.3) is 0 Å². The first kappa shape index (κ1) is 11.6. The van der Waals surface area contributed by atoms with E-state index in [4.69, 9.17) is 4.43 Å². The monoisotopic (exact) mass is 214 g/mol. The molecule has 1 heterocycles. The second-order valence-corrected chi connectivity index (χ2v) is 9.31. The molecular formula is C10H22N2OSi. The average Bonchev–Trinajstić information content (AvgIpc) is 2.33. The van der Waals surface area contributed by atoms with E-state index in [1.54, 1.807) is 0 Å². The minimum Gasteiger partial charge on any atom is -0.416 e. The maximum absolute atomic E-state index is 5.82. The van der Waals surface area contributed by atoms with Gasteiger partial charge in [0.1, 0.15) is 0 Å². The van der Waals surface area contributed by atoms with Crippen LogP contribution in [-0.4, -0.2) is 44.5 Å². The van der Waals surface area contributed by atoms with Crippen LogP contribution in [0.4, 0.5) is 0 Å². The molecule has 0 amide bonds. The Morgan fingerprint density at radius 3 is 2.36 bits per heavy atom. The summed E-state index contributed by atoms with van der Waals surface area (Å²) >= 11 is 0. The van der Waals surface area contributed by atoms with Crippen LogP contribution in [0.3, 0.4) is 0 Å². The summed E-state index contributed by atoms with van der Waals surface area (Å²) in [5, 5.41) is 0. The average molecular weight is 214 g/mol. The Morgan fingerprint density at radius 1 is 1.29 bits per heavy atom. The molecule has 1 unspecified atom stereocenters. The molecule has 0 saturated heterocycles. The summed E-state index contributed by atoms with van der Waals surface area (Å²) in [5.74, 6) is 0. The van der Waals surface area contributed by atoms with Crippen molar-refractivity contribution in [3.63, 3.8) is 0 Å². The van der Waals surface area contributed by atoms with Crippen molar-refractivity contribution in [3.8, 4) is 0 Å². The first-order chi connectivity index (χ1) is 6.40. The molecule has 14 heavy (non-hydrogen) atoms. The van der Waals surface area contributed by atoms with Crippen molar-refractivity contribution in [1.82, 2.24) is 9.80 Å². The lowest BCUT2D eigenvalue weighted by molar-refractivity contribution is 0.164. The van der Waals surface area contributed by atoms with E-state index >= 15 is 0 Å². The minimum absolute atomic E-state index is 0.472. The summed E-state index contributed by atoms with van der Waals surface area (Å²) < 4.78 is 5.82. The second kappa shape index (κ2) is 4.36. The van der Waals surface area contributed by atoms with Crippen LogP contribution in [0.5, 0.6) is 0 Å². The van der Waals surface area contributed by atoms with Crippen molar-refractivity contribution in [3.05, 3.63) is 12.4 Å². The molecule has 4 heteroatoms. The summed E-state index contributed by atoms with van der Waals surface area (Å²) in [6.45, 7) is 10.7. The topological polar surface area (TPSA) is 15.7 Å². The van der Waals surface area contributed by atoms with Crippen molar-refractivity contribution >= 4 is 8.32 Å². The van der Waals surface area contributed by atoms with E-state index in [0.717, 1.165) is 13.2 Å². The largest absolute Gasteiger partial charge is 0.416 e.